The topological polar surface area (TPSA) is 30.5 Å². The maximum atomic E-state index is 5.44. The first-order valence-corrected chi connectivity index (χ1v) is 5.95. The standard InChI is InChI=1S/C13H17NO2/c1-9-5-12-13(16-8-15-12)6-11(9)10-3-2-4-14-7-10/h5-6,10,14H,2-4,7-8H2,1H3. The fourth-order valence-electron chi connectivity index (χ4n) is 2.62. The zero-order chi connectivity index (χ0) is 11.0. The van der Waals surface area contributed by atoms with Crippen LogP contribution in [0.5, 0.6) is 11.5 Å². The van der Waals surface area contributed by atoms with Crippen LogP contribution in [0, 0.1) is 6.92 Å². The van der Waals surface area contributed by atoms with E-state index in [1.54, 1.807) is 0 Å². The third kappa shape index (κ3) is 1.65. The van der Waals surface area contributed by atoms with Crippen LogP contribution in [0.2, 0.25) is 0 Å². The molecule has 3 rings (SSSR count). The second kappa shape index (κ2) is 3.98. The van der Waals surface area contributed by atoms with E-state index in [0.29, 0.717) is 12.7 Å². The molecule has 86 valence electrons. The SMILES string of the molecule is Cc1cc2c(cc1C1CCCNC1)OCO2. The first-order valence-electron chi connectivity index (χ1n) is 5.95. The van der Waals surface area contributed by atoms with Crippen molar-refractivity contribution in [3.63, 3.8) is 0 Å². The van der Waals surface area contributed by atoms with Crippen LogP contribution in [-0.2, 0) is 0 Å². The molecular weight excluding hydrogens is 202 g/mol. The first-order chi connectivity index (χ1) is 7.84. The van der Waals surface area contributed by atoms with Gasteiger partial charge in [-0.25, -0.2) is 0 Å². The van der Waals surface area contributed by atoms with Crippen LogP contribution < -0.4 is 14.8 Å². The average Bonchev–Trinajstić information content (AvgIpc) is 2.76. The fraction of sp³-hybridized carbons (Fsp3) is 0.538. The first kappa shape index (κ1) is 9.97. The number of ether oxygens (including phenoxy) is 2. The van der Waals surface area contributed by atoms with Gasteiger partial charge in [0.1, 0.15) is 0 Å². The summed E-state index contributed by atoms with van der Waals surface area (Å²) in [5.74, 6) is 2.43. The molecule has 2 aliphatic rings. The number of hydrogen-bond acceptors (Lipinski definition) is 3. The van der Waals surface area contributed by atoms with E-state index in [9.17, 15) is 0 Å². The molecule has 0 aliphatic carbocycles. The number of nitrogens with one attached hydrogen (secondary N) is 1. The van der Waals surface area contributed by atoms with Gasteiger partial charge in [-0.05, 0) is 55.5 Å². The molecule has 1 saturated heterocycles. The molecule has 0 aromatic heterocycles. The summed E-state index contributed by atoms with van der Waals surface area (Å²) >= 11 is 0. The normalized spacial score (nSPS) is 23.4. The van der Waals surface area contributed by atoms with E-state index in [0.717, 1.165) is 24.6 Å². The summed E-state index contributed by atoms with van der Waals surface area (Å²) in [6, 6.07) is 4.27. The minimum absolute atomic E-state index is 0.362. The van der Waals surface area contributed by atoms with Gasteiger partial charge in [-0.1, -0.05) is 0 Å². The molecule has 1 atom stereocenters. The Labute approximate surface area is 95.8 Å². The van der Waals surface area contributed by atoms with E-state index in [1.165, 1.54) is 24.0 Å². The largest absolute Gasteiger partial charge is 0.454 e. The molecule has 3 nitrogen and oxygen atoms in total. The Bertz CT molecular complexity index is 397. The number of aryl methyl sites for hydroxylation is 1. The van der Waals surface area contributed by atoms with Gasteiger partial charge in [-0.15, -0.1) is 0 Å². The van der Waals surface area contributed by atoms with Gasteiger partial charge in [-0.2, -0.15) is 0 Å². The monoisotopic (exact) mass is 219 g/mol. The summed E-state index contributed by atoms with van der Waals surface area (Å²) < 4.78 is 10.8. The highest BCUT2D eigenvalue weighted by molar-refractivity contribution is 5.49. The van der Waals surface area contributed by atoms with Crippen LogP contribution >= 0.6 is 0 Å². The van der Waals surface area contributed by atoms with Crippen LogP contribution in [0.3, 0.4) is 0 Å². The zero-order valence-electron chi connectivity index (χ0n) is 9.58. The van der Waals surface area contributed by atoms with Gasteiger partial charge in [0.15, 0.2) is 11.5 Å². The molecule has 0 radical (unpaired) electrons. The summed E-state index contributed by atoms with van der Waals surface area (Å²) in [7, 11) is 0. The molecule has 0 bridgehead atoms. The lowest BCUT2D eigenvalue weighted by Gasteiger charge is -2.24. The van der Waals surface area contributed by atoms with Crippen LogP contribution in [0.1, 0.15) is 29.9 Å². The predicted molar refractivity (Wildman–Crippen MR) is 62.1 cm³/mol. The Balaban J connectivity index is 1.94. The summed E-state index contributed by atoms with van der Waals surface area (Å²) in [5, 5.41) is 3.46. The Morgan fingerprint density at radius 2 is 2.06 bits per heavy atom. The van der Waals surface area contributed by atoms with Crippen molar-refractivity contribution >= 4 is 0 Å². The predicted octanol–water partition coefficient (Wildman–Crippen LogP) is 2.19. The van der Waals surface area contributed by atoms with E-state index in [1.807, 2.05) is 0 Å². The van der Waals surface area contributed by atoms with Crippen molar-refractivity contribution in [3.8, 4) is 11.5 Å². The molecule has 0 spiro atoms. The highest BCUT2D eigenvalue weighted by Crippen LogP contribution is 2.38. The zero-order valence-corrected chi connectivity index (χ0v) is 9.58. The highest BCUT2D eigenvalue weighted by atomic mass is 16.7. The van der Waals surface area contributed by atoms with Crippen molar-refractivity contribution in [1.29, 1.82) is 0 Å². The van der Waals surface area contributed by atoms with Gasteiger partial charge < -0.3 is 14.8 Å². The van der Waals surface area contributed by atoms with Gasteiger partial charge >= 0.3 is 0 Å². The number of benzene rings is 1. The van der Waals surface area contributed by atoms with Crippen molar-refractivity contribution in [3.05, 3.63) is 23.3 Å². The van der Waals surface area contributed by atoms with Crippen molar-refractivity contribution in [2.75, 3.05) is 19.9 Å². The van der Waals surface area contributed by atoms with Gasteiger partial charge in [0.25, 0.3) is 0 Å². The molecule has 0 amide bonds. The van der Waals surface area contributed by atoms with Crippen molar-refractivity contribution in [1.82, 2.24) is 5.32 Å². The van der Waals surface area contributed by atoms with Crippen LogP contribution in [0.25, 0.3) is 0 Å². The van der Waals surface area contributed by atoms with E-state index >= 15 is 0 Å². The van der Waals surface area contributed by atoms with E-state index in [-0.39, 0.29) is 0 Å². The lowest BCUT2D eigenvalue weighted by molar-refractivity contribution is 0.174. The minimum Gasteiger partial charge on any atom is -0.454 e. The third-order valence-electron chi connectivity index (χ3n) is 3.50. The molecule has 1 aromatic carbocycles. The van der Waals surface area contributed by atoms with E-state index in [4.69, 9.17) is 9.47 Å². The maximum absolute atomic E-state index is 5.44. The fourth-order valence-corrected chi connectivity index (χ4v) is 2.62. The smallest absolute Gasteiger partial charge is 0.231 e. The summed E-state index contributed by atoms with van der Waals surface area (Å²) in [4.78, 5) is 0. The quantitative estimate of drug-likeness (QED) is 0.785. The van der Waals surface area contributed by atoms with E-state index in [2.05, 4.69) is 24.4 Å². The molecule has 2 aliphatic heterocycles. The molecular formula is C13H17NO2. The lowest BCUT2D eigenvalue weighted by Crippen LogP contribution is -2.28. The Hall–Kier alpha value is -1.22. The molecule has 1 aromatic rings. The summed E-state index contributed by atoms with van der Waals surface area (Å²) in [6.45, 7) is 4.76. The van der Waals surface area contributed by atoms with Crippen molar-refractivity contribution in [2.45, 2.75) is 25.7 Å². The Morgan fingerprint density at radius 1 is 1.25 bits per heavy atom. The van der Waals surface area contributed by atoms with Crippen LogP contribution in [0.4, 0.5) is 0 Å². The second-order valence-electron chi connectivity index (χ2n) is 4.61. The van der Waals surface area contributed by atoms with Gasteiger partial charge in [-0.3, -0.25) is 0 Å². The lowest BCUT2D eigenvalue weighted by atomic mass is 9.88. The number of fused-ring (bicyclic) bond motifs is 1. The molecule has 1 N–H and O–H groups in total. The van der Waals surface area contributed by atoms with Crippen LogP contribution in [-0.4, -0.2) is 19.9 Å². The number of piperidine rings is 1. The maximum Gasteiger partial charge on any atom is 0.231 e. The minimum atomic E-state index is 0.362. The van der Waals surface area contributed by atoms with E-state index < -0.39 is 0 Å². The Kier molecular flexibility index (Phi) is 2.48. The van der Waals surface area contributed by atoms with Crippen molar-refractivity contribution < 1.29 is 9.47 Å². The average molecular weight is 219 g/mol. The molecule has 3 heteroatoms. The third-order valence-corrected chi connectivity index (χ3v) is 3.50. The Morgan fingerprint density at radius 3 is 2.81 bits per heavy atom. The van der Waals surface area contributed by atoms with Gasteiger partial charge in [0.2, 0.25) is 6.79 Å². The summed E-state index contributed by atoms with van der Waals surface area (Å²) in [6.07, 6.45) is 2.53. The molecule has 2 heterocycles. The molecule has 1 unspecified atom stereocenters. The van der Waals surface area contributed by atoms with Crippen molar-refractivity contribution in [2.24, 2.45) is 0 Å². The molecule has 1 fully saturated rings. The number of rotatable bonds is 1. The van der Waals surface area contributed by atoms with Gasteiger partial charge in [0, 0.05) is 6.54 Å². The van der Waals surface area contributed by atoms with Crippen LogP contribution in [0.15, 0.2) is 12.1 Å². The summed E-state index contributed by atoms with van der Waals surface area (Å²) in [5.41, 5.74) is 2.73. The highest BCUT2D eigenvalue weighted by Gasteiger charge is 2.21. The molecule has 0 saturated carbocycles. The number of hydrogen-bond donors (Lipinski definition) is 1. The van der Waals surface area contributed by atoms with Gasteiger partial charge in [0.05, 0.1) is 0 Å². The molecule has 16 heavy (non-hydrogen) atoms. The second-order valence-corrected chi connectivity index (χ2v) is 4.61.